The van der Waals surface area contributed by atoms with E-state index in [0.717, 1.165) is 43.6 Å². The maximum atomic E-state index is 13.0. The van der Waals surface area contributed by atoms with Crippen molar-refractivity contribution in [2.75, 3.05) is 0 Å². The van der Waals surface area contributed by atoms with Gasteiger partial charge in [0, 0.05) is 42.4 Å². The van der Waals surface area contributed by atoms with E-state index in [1.807, 2.05) is 12.1 Å². The highest BCUT2D eigenvalue weighted by atomic mass is 16.5. The zero-order valence-electron chi connectivity index (χ0n) is 16.3. The molecule has 1 amide bonds. The lowest BCUT2D eigenvalue weighted by Gasteiger charge is -2.38. The lowest BCUT2D eigenvalue weighted by molar-refractivity contribution is -0.137. The Balaban J connectivity index is 1.25. The van der Waals surface area contributed by atoms with Gasteiger partial charge in [0.05, 0.1) is 0 Å². The number of amides is 1. The molecule has 1 saturated carbocycles. The molecule has 2 saturated heterocycles. The van der Waals surface area contributed by atoms with E-state index in [1.54, 1.807) is 12.4 Å². The Kier molecular flexibility index (Phi) is 4.87. The maximum Gasteiger partial charge on any atom is 0.230 e. The van der Waals surface area contributed by atoms with Crippen LogP contribution >= 0.6 is 0 Å². The van der Waals surface area contributed by atoms with Crippen molar-refractivity contribution in [3.8, 4) is 11.4 Å². The summed E-state index contributed by atoms with van der Waals surface area (Å²) in [7, 11) is 0. The third-order valence-electron chi connectivity index (χ3n) is 6.92. The number of carbonyl (C=O) groups excluding carboxylic acids is 1. The summed E-state index contributed by atoms with van der Waals surface area (Å²) in [5.41, 5.74) is 0.876. The van der Waals surface area contributed by atoms with Crippen LogP contribution in [0, 0.1) is 5.92 Å². The fourth-order valence-corrected chi connectivity index (χ4v) is 5.54. The molecule has 3 atom stereocenters. The average Bonchev–Trinajstić information content (AvgIpc) is 3.32. The normalized spacial score (nSPS) is 27.9. The van der Waals surface area contributed by atoms with Crippen molar-refractivity contribution in [3.63, 3.8) is 0 Å². The Labute approximate surface area is 165 Å². The van der Waals surface area contributed by atoms with E-state index in [9.17, 15) is 4.79 Å². The van der Waals surface area contributed by atoms with E-state index in [1.165, 1.54) is 32.1 Å². The van der Waals surface area contributed by atoms with Gasteiger partial charge in [0.2, 0.25) is 17.6 Å². The van der Waals surface area contributed by atoms with Gasteiger partial charge in [0.25, 0.3) is 0 Å². The first-order chi connectivity index (χ1) is 13.8. The molecule has 1 aliphatic carbocycles. The Hall–Kier alpha value is -2.24. The second kappa shape index (κ2) is 7.64. The summed E-state index contributed by atoms with van der Waals surface area (Å²) in [6.45, 7) is 0. The number of pyridine rings is 1. The first-order valence-corrected chi connectivity index (χ1v) is 10.8. The minimum absolute atomic E-state index is 0.258. The van der Waals surface area contributed by atoms with Gasteiger partial charge in [-0.25, -0.2) is 0 Å². The average molecular weight is 380 g/mol. The summed E-state index contributed by atoms with van der Waals surface area (Å²) in [6.07, 6.45) is 14.8. The molecular weight excluding hydrogens is 352 g/mol. The summed E-state index contributed by atoms with van der Waals surface area (Å²) in [5, 5.41) is 4.16. The number of aromatic nitrogens is 3. The molecule has 0 aromatic carbocycles. The molecule has 0 spiro atoms. The fraction of sp³-hybridized carbons (Fsp3) is 0.636. The molecule has 2 aliphatic heterocycles. The van der Waals surface area contributed by atoms with Gasteiger partial charge in [-0.3, -0.25) is 9.78 Å². The number of hydrogen-bond acceptors (Lipinski definition) is 5. The van der Waals surface area contributed by atoms with E-state index < -0.39 is 0 Å². The highest BCUT2D eigenvalue weighted by molar-refractivity contribution is 5.77. The van der Waals surface area contributed by atoms with E-state index >= 15 is 0 Å². The Bertz CT molecular complexity index is 801. The van der Waals surface area contributed by atoms with Gasteiger partial charge in [0.15, 0.2) is 0 Å². The van der Waals surface area contributed by atoms with Crippen LogP contribution < -0.4 is 0 Å². The molecule has 5 rings (SSSR count). The Morgan fingerprint density at radius 1 is 1.11 bits per heavy atom. The quantitative estimate of drug-likeness (QED) is 0.789. The van der Waals surface area contributed by atoms with Gasteiger partial charge in [-0.15, -0.1) is 0 Å². The standard InChI is InChI=1S/C22H28N4O2/c27-20(11-15-5-2-1-3-6-15)26-18-8-9-19(26)13-17(12-18)22-24-21(25-28-22)16-7-4-10-23-14-16/h4,7,10,14-15,17-19H,1-3,5-6,8-9,11-13H2/t17?,18-,19+. The van der Waals surface area contributed by atoms with Crippen LogP contribution in [0.15, 0.2) is 29.0 Å². The predicted octanol–water partition coefficient (Wildman–Crippen LogP) is 4.34. The molecule has 28 heavy (non-hydrogen) atoms. The number of piperidine rings is 1. The van der Waals surface area contributed by atoms with Crippen LogP contribution in [0.25, 0.3) is 11.4 Å². The highest BCUT2D eigenvalue weighted by Gasteiger charge is 2.45. The van der Waals surface area contributed by atoms with Gasteiger partial charge >= 0.3 is 0 Å². The molecule has 1 unspecified atom stereocenters. The van der Waals surface area contributed by atoms with Crippen LogP contribution in [0.4, 0.5) is 0 Å². The molecule has 3 aliphatic rings. The third kappa shape index (κ3) is 3.45. The largest absolute Gasteiger partial charge is 0.339 e. The van der Waals surface area contributed by atoms with Crippen molar-refractivity contribution >= 4 is 5.91 Å². The molecule has 2 aromatic rings. The van der Waals surface area contributed by atoms with Gasteiger partial charge < -0.3 is 9.42 Å². The second-order valence-corrected chi connectivity index (χ2v) is 8.76. The molecule has 2 bridgehead atoms. The van der Waals surface area contributed by atoms with Gasteiger partial charge in [-0.05, 0) is 56.6 Å². The lowest BCUT2D eigenvalue weighted by atomic mass is 9.85. The summed E-state index contributed by atoms with van der Waals surface area (Å²) in [4.78, 5) is 24.0. The molecule has 148 valence electrons. The van der Waals surface area contributed by atoms with Gasteiger partial charge in [-0.2, -0.15) is 4.98 Å². The SMILES string of the molecule is O=C(CC1CCCCC1)N1[C@@H]2CC[C@H]1CC(c1nc(-c3cccnc3)no1)C2. The first-order valence-electron chi connectivity index (χ1n) is 10.8. The van der Waals surface area contributed by atoms with Crippen molar-refractivity contribution in [3.05, 3.63) is 30.4 Å². The van der Waals surface area contributed by atoms with Crippen LogP contribution in [-0.2, 0) is 4.79 Å². The van der Waals surface area contributed by atoms with E-state index in [-0.39, 0.29) is 5.92 Å². The van der Waals surface area contributed by atoms with Crippen LogP contribution in [0.1, 0.15) is 76.0 Å². The number of fused-ring (bicyclic) bond motifs is 2. The molecule has 6 nitrogen and oxygen atoms in total. The van der Waals surface area contributed by atoms with E-state index in [0.29, 0.717) is 29.7 Å². The topological polar surface area (TPSA) is 72.1 Å². The second-order valence-electron chi connectivity index (χ2n) is 8.76. The molecular formula is C22H28N4O2. The summed E-state index contributed by atoms with van der Waals surface area (Å²) < 4.78 is 5.61. The monoisotopic (exact) mass is 380 g/mol. The fourth-order valence-electron chi connectivity index (χ4n) is 5.54. The molecule has 0 radical (unpaired) electrons. The summed E-state index contributed by atoms with van der Waals surface area (Å²) in [6, 6.07) is 4.50. The van der Waals surface area contributed by atoms with Gasteiger partial charge in [0.1, 0.15) is 0 Å². The van der Waals surface area contributed by atoms with E-state index in [2.05, 4.69) is 20.0 Å². The summed E-state index contributed by atoms with van der Waals surface area (Å²) in [5.74, 6) is 2.58. The van der Waals surface area contributed by atoms with Crippen molar-refractivity contribution in [2.45, 2.75) is 82.2 Å². The van der Waals surface area contributed by atoms with Crippen LogP contribution in [0.2, 0.25) is 0 Å². The zero-order valence-corrected chi connectivity index (χ0v) is 16.3. The number of hydrogen-bond donors (Lipinski definition) is 0. The highest BCUT2D eigenvalue weighted by Crippen LogP contribution is 2.43. The Morgan fingerprint density at radius 3 is 2.61 bits per heavy atom. The molecule has 4 heterocycles. The van der Waals surface area contributed by atoms with Crippen molar-refractivity contribution in [1.29, 1.82) is 0 Å². The first kappa shape index (κ1) is 17.8. The van der Waals surface area contributed by atoms with Crippen LogP contribution in [-0.4, -0.2) is 38.0 Å². The maximum absolute atomic E-state index is 13.0. The van der Waals surface area contributed by atoms with Crippen LogP contribution in [0.5, 0.6) is 0 Å². The lowest BCUT2D eigenvalue weighted by Crippen LogP contribution is -2.46. The van der Waals surface area contributed by atoms with Crippen molar-refractivity contribution in [2.24, 2.45) is 5.92 Å². The third-order valence-corrected chi connectivity index (χ3v) is 6.92. The zero-order chi connectivity index (χ0) is 18.9. The number of carbonyl (C=O) groups is 1. The summed E-state index contributed by atoms with van der Waals surface area (Å²) >= 11 is 0. The van der Waals surface area contributed by atoms with Crippen LogP contribution in [0.3, 0.4) is 0 Å². The van der Waals surface area contributed by atoms with Crippen molar-refractivity contribution < 1.29 is 9.32 Å². The predicted molar refractivity (Wildman–Crippen MR) is 104 cm³/mol. The molecule has 6 heteroatoms. The molecule has 3 fully saturated rings. The molecule has 0 N–H and O–H groups in total. The minimum Gasteiger partial charge on any atom is -0.339 e. The van der Waals surface area contributed by atoms with Gasteiger partial charge in [-0.1, -0.05) is 24.4 Å². The van der Waals surface area contributed by atoms with Crippen molar-refractivity contribution in [1.82, 2.24) is 20.0 Å². The van der Waals surface area contributed by atoms with E-state index in [4.69, 9.17) is 4.52 Å². The number of nitrogens with zero attached hydrogens (tertiary/aromatic N) is 4. The minimum atomic E-state index is 0.258. The molecule has 2 aromatic heterocycles. The smallest absolute Gasteiger partial charge is 0.230 e. The number of rotatable bonds is 4. The Morgan fingerprint density at radius 2 is 1.89 bits per heavy atom.